The average Bonchev–Trinajstić information content (AvgIpc) is 2.56. The Bertz CT molecular complexity index is 1050. The molecule has 106 valence electrons. The van der Waals surface area contributed by atoms with Gasteiger partial charge in [-0.1, -0.05) is 18.2 Å². The minimum atomic E-state index is -0.301. The summed E-state index contributed by atoms with van der Waals surface area (Å²) < 4.78 is 14.5. The van der Waals surface area contributed by atoms with E-state index < -0.39 is 0 Å². The molecule has 4 nitrogen and oxygen atoms in total. The van der Waals surface area contributed by atoms with E-state index in [1.807, 2.05) is 6.07 Å². The van der Waals surface area contributed by atoms with Crippen LogP contribution in [-0.2, 0) is 0 Å². The smallest absolute Gasteiger partial charge is 0.267 e. The predicted octanol–water partition coefficient (Wildman–Crippen LogP) is 3.05. The number of rotatable bonds is 1. The SMILES string of the molecule is O=c1c2cc(-c3ccc(F)cc3)cnc2nc2ccccn12. The zero-order valence-electron chi connectivity index (χ0n) is 11.4. The zero-order chi connectivity index (χ0) is 15.1. The summed E-state index contributed by atoms with van der Waals surface area (Å²) >= 11 is 0. The van der Waals surface area contributed by atoms with Gasteiger partial charge in [0.05, 0.1) is 5.39 Å². The molecule has 5 heteroatoms. The first-order valence-electron chi connectivity index (χ1n) is 6.75. The number of benzene rings is 1. The summed E-state index contributed by atoms with van der Waals surface area (Å²) in [4.78, 5) is 21.2. The summed E-state index contributed by atoms with van der Waals surface area (Å²) in [5.74, 6) is -0.301. The number of aromatic nitrogens is 3. The van der Waals surface area contributed by atoms with Gasteiger partial charge >= 0.3 is 0 Å². The minimum absolute atomic E-state index is 0.169. The summed E-state index contributed by atoms with van der Waals surface area (Å²) in [7, 11) is 0. The van der Waals surface area contributed by atoms with E-state index in [-0.39, 0.29) is 11.4 Å². The van der Waals surface area contributed by atoms with Gasteiger partial charge in [-0.2, -0.15) is 0 Å². The van der Waals surface area contributed by atoms with Crippen molar-refractivity contribution in [2.24, 2.45) is 0 Å². The Morgan fingerprint density at radius 3 is 2.64 bits per heavy atom. The molecule has 3 aromatic heterocycles. The van der Waals surface area contributed by atoms with E-state index in [1.54, 1.807) is 42.7 Å². The van der Waals surface area contributed by atoms with Gasteiger partial charge in [0.1, 0.15) is 11.5 Å². The van der Waals surface area contributed by atoms with Crippen LogP contribution in [0.1, 0.15) is 0 Å². The van der Waals surface area contributed by atoms with E-state index in [9.17, 15) is 9.18 Å². The fourth-order valence-corrected chi connectivity index (χ4v) is 2.44. The Hall–Kier alpha value is -3.08. The van der Waals surface area contributed by atoms with E-state index in [0.29, 0.717) is 16.7 Å². The third kappa shape index (κ3) is 1.95. The molecule has 0 bridgehead atoms. The standard InChI is InChI=1S/C17H10FN3O/c18-13-6-4-11(5-7-13)12-9-14-16(19-10-12)20-15-3-1-2-8-21(15)17(14)22/h1-10H. The van der Waals surface area contributed by atoms with Crippen molar-refractivity contribution in [3.05, 3.63) is 77.1 Å². The number of nitrogens with zero attached hydrogens (tertiary/aromatic N) is 3. The lowest BCUT2D eigenvalue weighted by molar-refractivity contribution is 0.628. The molecule has 0 unspecified atom stereocenters. The highest BCUT2D eigenvalue weighted by molar-refractivity contribution is 5.81. The van der Waals surface area contributed by atoms with Gasteiger partial charge in [0.25, 0.3) is 5.56 Å². The molecule has 0 aliphatic heterocycles. The molecule has 0 spiro atoms. The number of halogens is 1. The van der Waals surface area contributed by atoms with Crippen LogP contribution >= 0.6 is 0 Å². The summed E-state index contributed by atoms with van der Waals surface area (Å²) in [5.41, 5.74) is 2.34. The Labute approximate surface area is 124 Å². The van der Waals surface area contributed by atoms with E-state index in [2.05, 4.69) is 9.97 Å². The van der Waals surface area contributed by atoms with Crippen LogP contribution < -0.4 is 5.56 Å². The van der Waals surface area contributed by atoms with Gasteiger partial charge in [-0.3, -0.25) is 9.20 Å². The van der Waals surface area contributed by atoms with Crippen LogP contribution in [0.15, 0.2) is 65.7 Å². The molecule has 4 aromatic rings. The molecule has 0 saturated heterocycles. The number of hydrogen-bond acceptors (Lipinski definition) is 3. The highest BCUT2D eigenvalue weighted by atomic mass is 19.1. The van der Waals surface area contributed by atoms with Crippen molar-refractivity contribution in [3.8, 4) is 11.1 Å². The summed E-state index contributed by atoms with van der Waals surface area (Å²) in [6.45, 7) is 0. The molecule has 0 atom stereocenters. The maximum Gasteiger partial charge on any atom is 0.267 e. The van der Waals surface area contributed by atoms with E-state index in [0.717, 1.165) is 11.1 Å². The fourth-order valence-electron chi connectivity index (χ4n) is 2.44. The highest BCUT2D eigenvalue weighted by Gasteiger charge is 2.08. The minimum Gasteiger partial charge on any atom is -0.268 e. The molecular formula is C17H10FN3O. The number of hydrogen-bond donors (Lipinski definition) is 0. The van der Waals surface area contributed by atoms with Gasteiger partial charge in [0, 0.05) is 18.0 Å². The lowest BCUT2D eigenvalue weighted by Crippen LogP contribution is -2.15. The number of fused-ring (bicyclic) bond motifs is 2. The van der Waals surface area contributed by atoms with Crippen molar-refractivity contribution in [2.75, 3.05) is 0 Å². The van der Waals surface area contributed by atoms with E-state index in [4.69, 9.17) is 0 Å². The largest absolute Gasteiger partial charge is 0.268 e. The first kappa shape index (κ1) is 12.6. The summed E-state index contributed by atoms with van der Waals surface area (Å²) in [6, 6.07) is 13.2. The lowest BCUT2D eigenvalue weighted by Gasteiger charge is -2.05. The Balaban J connectivity index is 2.01. The van der Waals surface area contributed by atoms with Crippen LogP contribution in [0.2, 0.25) is 0 Å². The van der Waals surface area contributed by atoms with Crippen molar-refractivity contribution in [1.29, 1.82) is 0 Å². The second-order valence-electron chi connectivity index (χ2n) is 4.95. The molecule has 1 aromatic carbocycles. The summed E-state index contributed by atoms with van der Waals surface area (Å²) in [6.07, 6.45) is 3.32. The van der Waals surface area contributed by atoms with Crippen LogP contribution in [0.3, 0.4) is 0 Å². The first-order chi connectivity index (χ1) is 10.7. The van der Waals surface area contributed by atoms with Gasteiger partial charge in [-0.05, 0) is 35.9 Å². The van der Waals surface area contributed by atoms with Crippen LogP contribution in [-0.4, -0.2) is 14.4 Å². The molecule has 4 rings (SSSR count). The molecule has 0 fully saturated rings. The van der Waals surface area contributed by atoms with E-state index in [1.165, 1.54) is 16.5 Å². The highest BCUT2D eigenvalue weighted by Crippen LogP contribution is 2.21. The van der Waals surface area contributed by atoms with Crippen molar-refractivity contribution >= 4 is 16.7 Å². The fraction of sp³-hybridized carbons (Fsp3) is 0. The van der Waals surface area contributed by atoms with Crippen LogP contribution in [0.4, 0.5) is 4.39 Å². The van der Waals surface area contributed by atoms with Crippen LogP contribution in [0, 0.1) is 5.82 Å². The summed E-state index contributed by atoms with van der Waals surface area (Å²) in [5, 5.41) is 0.436. The second-order valence-corrected chi connectivity index (χ2v) is 4.95. The van der Waals surface area contributed by atoms with Gasteiger partial charge in [0.2, 0.25) is 0 Å². The number of pyridine rings is 2. The molecule has 0 N–H and O–H groups in total. The van der Waals surface area contributed by atoms with Crippen molar-refractivity contribution < 1.29 is 4.39 Å². The normalized spacial score (nSPS) is 11.1. The Morgan fingerprint density at radius 2 is 1.82 bits per heavy atom. The Morgan fingerprint density at radius 1 is 1.00 bits per heavy atom. The zero-order valence-corrected chi connectivity index (χ0v) is 11.4. The van der Waals surface area contributed by atoms with Crippen LogP contribution in [0.5, 0.6) is 0 Å². The third-order valence-electron chi connectivity index (χ3n) is 3.55. The molecular weight excluding hydrogens is 281 g/mol. The molecule has 0 aliphatic carbocycles. The average molecular weight is 291 g/mol. The lowest BCUT2D eigenvalue weighted by atomic mass is 10.1. The van der Waals surface area contributed by atoms with Gasteiger partial charge in [-0.25, -0.2) is 14.4 Å². The van der Waals surface area contributed by atoms with Crippen molar-refractivity contribution in [2.45, 2.75) is 0 Å². The molecule has 0 aliphatic rings. The third-order valence-corrected chi connectivity index (χ3v) is 3.55. The van der Waals surface area contributed by atoms with Gasteiger partial charge in [-0.15, -0.1) is 0 Å². The second kappa shape index (κ2) is 4.73. The molecule has 0 saturated carbocycles. The predicted molar refractivity (Wildman–Crippen MR) is 82.2 cm³/mol. The first-order valence-corrected chi connectivity index (χ1v) is 6.75. The molecule has 0 radical (unpaired) electrons. The Kier molecular flexibility index (Phi) is 2.72. The maximum atomic E-state index is 13.0. The van der Waals surface area contributed by atoms with Crippen molar-refractivity contribution in [3.63, 3.8) is 0 Å². The quantitative estimate of drug-likeness (QED) is 0.506. The molecule has 22 heavy (non-hydrogen) atoms. The van der Waals surface area contributed by atoms with Gasteiger partial charge < -0.3 is 0 Å². The monoisotopic (exact) mass is 291 g/mol. The van der Waals surface area contributed by atoms with E-state index >= 15 is 0 Å². The van der Waals surface area contributed by atoms with Crippen molar-refractivity contribution in [1.82, 2.24) is 14.4 Å². The topological polar surface area (TPSA) is 47.3 Å². The maximum absolute atomic E-state index is 13.0. The molecule has 0 amide bonds. The van der Waals surface area contributed by atoms with Crippen LogP contribution in [0.25, 0.3) is 27.8 Å². The van der Waals surface area contributed by atoms with Gasteiger partial charge in [0.15, 0.2) is 5.65 Å². The molecule has 3 heterocycles.